The molecule has 7 heteroatoms. The Labute approximate surface area is 194 Å². The molecule has 4 aromatic rings. The molecule has 6 rings (SSSR count). The van der Waals surface area contributed by atoms with Crippen LogP contribution in [0, 0.1) is 0 Å². The first-order chi connectivity index (χ1) is 15.7. The lowest BCUT2D eigenvalue weighted by atomic mass is 9.98. The molecule has 1 fully saturated rings. The Hall–Kier alpha value is -3.19. The summed E-state index contributed by atoms with van der Waals surface area (Å²) in [4.78, 5) is 15.0. The number of aromatic nitrogens is 3. The van der Waals surface area contributed by atoms with E-state index < -0.39 is 0 Å². The lowest BCUT2D eigenvalue weighted by molar-refractivity contribution is 0.0942. The zero-order valence-electron chi connectivity index (χ0n) is 17.3. The Balaban J connectivity index is 1.24. The normalized spacial score (nSPS) is 17.5. The second-order valence-electron chi connectivity index (χ2n) is 8.29. The largest absolute Gasteiger partial charge is 0.448 e. The zero-order chi connectivity index (χ0) is 21.7. The maximum absolute atomic E-state index is 13.2. The van der Waals surface area contributed by atoms with Gasteiger partial charge in [-0.15, -0.1) is 10.2 Å². The average molecular weight is 489 g/mol. The first-order valence-corrected chi connectivity index (χ1v) is 11.6. The van der Waals surface area contributed by atoms with Gasteiger partial charge in [-0.25, -0.2) is 4.79 Å². The van der Waals surface area contributed by atoms with Gasteiger partial charge in [0, 0.05) is 23.1 Å². The zero-order valence-corrected chi connectivity index (χ0v) is 18.9. The molecule has 2 aromatic carbocycles. The minimum atomic E-state index is -0.291. The van der Waals surface area contributed by atoms with E-state index in [1.165, 1.54) is 22.3 Å². The molecule has 0 saturated carbocycles. The van der Waals surface area contributed by atoms with Gasteiger partial charge in [0.15, 0.2) is 11.5 Å². The molecule has 2 aromatic heterocycles. The molecule has 0 unspecified atom stereocenters. The number of hydrogen-bond acceptors (Lipinski definition) is 4. The van der Waals surface area contributed by atoms with Gasteiger partial charge in [-0.3, -0.25) is 9.30 Å². The number of hydrogen-bond donors (Lipinski definition) is 0. The van der Waals surface area contributed by atoms with Gasteiger partial charge in [0.1, 0.15) is 6.61 Å². The Morgan fingerprint density at radius 3 is 2.47 bits per heavy atom. The van der Waals surface area contributed by atoms with E-state index >= 15 is 0 Å². The number of rotatable bonds is 3. The van der Waals surface area contributed by atoms with Gasteiger partial charge in [0.05, 0.1) is 6.04 Å². The smallest absolute Gasteiger partial charge is 0.410 e. The molecule has 160 valence electrons. The van der Waals surface area contributed by atoms with Crippen molar-refractivity contribution in [1.82, 2.24) is 19.5 Å². The topological polar surface area (TPSA) is 59.7 Å². The lowest BCUT2D eigenvalue weighted by Gasteiger charge is -2.24. The highest BCUT2D eigenvalue weighted by Crippen LogP contribution is 2.44. The third kappa shape index (κ3) is 3.11. The van der Waals surface area contributed by atoms with Crippen LogP contribution >= 0.6 is 15.9 Å². The SMILES string of the molecule is O=C(OCC1c2ccccc2-c2ccccc21)N1CCC[C@H]1c1nnc2ccc(Br)cn12. The van der Waals surface area contributed by atoms with E-state index in [4.69, 9.17) is 4.74 Å². The van der Waals surface area contributed by atoms with Gasteiger partial charge < -0.3 is 4.74 Å². The molecule has 1 amide bonds. The van der Waals surface area contributed by atoms with Crippen LogP contribution in [0.2, 0.25) is 0 Å². The summed E-state index contributed by atoms with van der Waals surface area (Å²) < 4.78 is 8.80. The molecule has 0 N–H and O–H groups in total. The van der Waals surface area contributed by atoms with Gasteiger partial charge in [-0.1, -0.05) is 48.5 Å². The van der Waals surface area contributed by atoms with Crippen molar-refractivity contribution in [2.45, 2.75) is 24.8 Å². The second-order valence-corrected chi connectivity index (χ2v) is 9.20. The standard InChI is InChI=1S/C25H21BrN4O2/c26-16-11-12-23-27-28-24(30(23)14-16)22-10-5-13-29(22)25(31)32-15-21-19-8-3-1-6-17(19)18-7-2-4-9-20(18)21/h1-4,6-9,11-12,14,21-22H,5,10,13,15H2/t22-/m0/s1. The fourth-order valence-corrected chi connectivity index (χ4v) is 5.38. The van der Waals surface area contributed by atoms with E-state index in [1.54, 1.807) is 4.90 Å². The van der Waals surface area contributed by atoms with E-state index in [9.17, 15) is 4.79 Å². The summed E-state index contributed by atoms with van der Waals surface area (Å²) >= 11 is 3.51. The summed E-state index contributed by atoms with van der Waals surface area (Å²) in [6, 6.07) is 20.4. The van der Waals surface area contributed by atoms with Crippen LogP contribution in [-0.2, 0) is 4.74 Å². The Bertz CT molecular complexity index is 1290. The molecule has 2 aliphatic rings. The summed E-state index contributed by atoms with van der Waals surface area (Å²) in [7, 11) is 0. The molecule has 32 heavy (non-hydrogen) atoms. The lowest BCUT2D eigenvalue weighted by Crippen LogP contribution is -2.33. The van der Waals surface area contributed by atoms with E-state index in [2.05, 4.69) is 62.5 Å². The number of carbonyl (C=O) groups excluding carboxylic acids is 1. The number of pyridine rings is 1. The van der Waals surface area contributed by atoms with Crippen LogP contribution < -0.4 is 0 Å². The number of fused-ring (bicyclic) bond motifs is 4. The first-order valence-electron chi connectivity index (χ1n) is 10.8. The summed E-state index contributed by atoms with van der Waals surface area (Å²) in [5, 5.41) is 8.66. The molecule has 1 saturated heterocycles. The summed E-state index contributed by atoms with van der Waals surface area (Å²) in [5.41, 5.74) is 5.65. The van der Waals surface area contributed by atoms with E-state index in [-0.39, 0.29) is 18.1 Å². The predicted octanol–water partition coefficient (Wildman–Crippen LogP) is 5.58. The van der Waals surface area contributed by atoms with Crippen LogP contribution in [0.25, 0.3) is 16.8 Å². The van der Waals surface area contributed by atoms with E-state index in [1.807, 2.05) is 34.9 Å². The second kappa shape index (κ2) is 7.74. The third-order valence-corrected chi connectivity index (χ3v) is 6.98. The molecule has 1 aliphatic carbocycles. The van der Waals surface area contributed by atoms with Crippen molar-refractivity contribution < 1.29 is 9.53 Å². The molecule has 6 nitrogen and oxygen atoms in total. The van der Waals surface area contributed by atoms with Crippen LogP contribution in [0.5, 0.6) is 0 Å². The number of benzene rings is 2. The van der Waals surface area contributed by atoms with Crippen LogP contribution in [0.4, 0.5) is 4.79 Å². The van der Waals surface area contributed by atoms with Crippen molar-refractivity contribution >= 4 is 27.7 Å². The van der Waals surface area contributed by atoms with Crippen LogP contribution in [0.1, 0.15) is 41.8 Å². The molecule has 0 radical (unpaired) electrons. The molecule has 0 spiro atoms. The van der Waals surface area contributed by atoms with Crippen molar-refractivity contribution in [2.75, 3.05) is 13.2 Å². The summed E-state index contributed by atoms with van der Waals surface area (Å²) in [6.45, 7) is 0.979. The van der Waals surface area contributed by atoms with Crippen molar-refractivity contribution in [3.63, 3.8) is 0 Å². The van der Waals surface area contributed by atoms with Gasteiger partial charge >= 0.3 is 6.09 Å². The first kappa shape index (κ1) is 19.5. The van der Waals surface area contributed by atoms with Crippen molar-refractivity contribution in [3.8, 4) is 11.1 Å². The highest BCUT2D eigenvalue weighted by Gasteiger charge is 2.36. The number of nitrogens with zero attached hydrogens (tertiary/aromatic N) is 4. The van der Waals surface area contributed by atoms with Gasteiger partial charge in [0.2, 0.25) is 0 Å². The molecule has 3 heterocycles. The minimum absolute atomic E-state index is 0.0530. The highest BCUT2D eigenvalue weighted by molar-refractivity contribution is 9.10. The maximum Gasteiger partial charge on any atom is 0.410 e. The molecular formula is C25H21BrN4O2. The molecular weight excluding hydrogens is 468 g/mol. The number of halogens is 1. The Kier molecular flexibility index (Phi) is 4.72. The quantitative estimate of drug-likeness (QED) is 0.377. The van der Waals surface area contributed by atoms with Gasteiger partial charge in [-0.2, -0.15) is 0 Å². The summed E-state index contributed by atoms with van der Waals surface area (Å²) in [6.07, 6.45) is 3.41. The maximum atomic E-state index is 13.2. The molecule has 1 aliphatic heterocycles. The van der Waals surface area contributed by atoms with Gasteiger partial charge in [0.25, 0.3) is 0 Å². The van der Waals surface area contributed by atoms with Crippen molar-refractivity contribution in [3.05, 3.63) is 88.3 Å². The number of amides is 1. The minimum Gasteiger partial charge on any atom is -0.448 e. The van der Waals surface area contributed by atoms with Crippen molar-refractivity contribution in [2.24, 2.45) is 0 Å². The third-order valence-electron chi connectivity index (χ3n) is 6.51. The number of carbonyl (C=O) groups is 1. The van der Waals surface area contributed by atoms with Crippen LogP contribution in [-0.4, -0.2) is 38.7 Å². The fraction of sp³-hybridized carbons (Fsp3) is 0.240. The molecule has 1 atom stereocenters. The van der Waals surface area contributed by atoms with Crippen LogP contribution in [0.15, 0.2) is 71.3 Å². The highest BCUT2D eigenvalue weighted by atomic mass is 79.9. The molecule has 0 bridgehead atoms. The van der Waals surface area contributed by atoms with E-state index in [0.717, 1.165) is 28.8 Å². The number of ether oxygens (including phenoxy) is 1. The number of likely N-dealkylation sites (tertiary alicyclic amines) is 1. The Morgan fingerprint density at radius 2 is 1.72 bits per heavy atom. The predicted molar refractivity (Wildman–Crippen MR) is 124 cm³/mol. The fourth-order valence-electron chi connectivity index (χ4n) is 5.04. The summed E-state index contributed by atoms with van der Waals surface area (Å²) in [5.74, 6) is 0.824. The van der Waals surface area contributed by atoms with Crippen molar-refractivity contribution in [1.29, 1.82) is 0 Å². The van der Waals surface area contributed by atoms with Crippen LogP contribution in [0.3, 0.4) is 0 Å². The van der Waals surface area contributed by atoms with E-state index in [0.29, 0.717) is 13.2 Å². The Morgan fingerprint density at radius 1 is 1.00 bits per heavy atom. The average Bonchev–Trinajstić information content (AvgIpc) is 3.53. The monoisotopic (exact) mass is 488 g/mol. The van der Waals surface area contributed by atoms with Gasteiger partial charge in [-0.05, 0) is 63.2 Å².